The third-order valence-electron chi connectivity index (χ3n) is 4.95. The molecule has 22 heavy (non-hydrogen) atoms. The van der Waals surface area contributed by atoms with Crippen molar-refractivity contribution >= 4 is 0 Å². The molecular weight excluding hydrogens is 272 g/mol. The van der Waals surface area contributed by atoms with Gasteiger partial charge in [0.25, 0.3) is 0 Å². The van der Waals surface area contributed by atoms with E-state index in [-0.39, 0.29) is 0 Å². The van der Waals surface area contributed by atoms with Crippen molar-refractivity contribution in [1.82, 2.24) is 14.7 Å². The molecule has 0 amide bonds. The van der Waals surface area contributed by atoms with Crippen LogP contribution in [0.2, 0.25) is 0 Å². The number of rotatable bonds is 4. The van der Waals surface area contributed by atoms with Gasteiger partial charge in [0.15, 0.2) is 0 Å². The van der Waals surface area contributed by atoms with E-state index < -0.39 is 0 Å². The molecule has 4 nitrogen and oxygen atoms in total. The second-order valence-corrected chi connectivity index (χ2v) is 6.39. The molecule has 1 unspecified atom stereocenters. The van der Waals surface area contributed by atoms with Crippen LogP contribution in [-0.2, 0) is 20.0 Å². The number of benzene rings is 1. The summed E-state index contributed by atoms with van der Waals surface area (Å²) in [7, 11) is 2.01. The lowest BCUT2D eigenvalue weighted by Gasteiger charge is -2.31. The van der Waals surface area contributed by atoms with Crippen molar-refractivity contribution in [3.05, 3.63) is 52.3 Å². The number of nitrogens with two attached hydrogens (primary N) is 1. The van der Waals surface area contributed by atoms with Gasteiger partial charge in [-0.25, -0.2) is 0 Å². The second kappa shape index (κ2) is 6.23. The van der Waals surface area contributed by atoms with E-state index in [1.54, 1.807) is 0 Å². The average molecular weight is 298 g/mol. The van der Waals surface area contributed by atoms with Crippen LogP contribution in [0.5, 0.6) is 0 Å². The maximum Gasteiger partial charge on any atom is 0.0632 e. The summed E-state index contributed by atoms with van der Waals surface area (Å²) in [6, 6.07) is 8.78. The monoisotopic (exact) mass is 298 g/mol. The SMILES string of the molecule is Cc1nn(C)c(C)c1C(CN)CN1CCc2ccccc2C1. The smallest absolute Gasteiger partial charge is 0.0632 e. The number of hydrogen-bond donors (Lipinski definition) is 1. The Hall–Kier alpha value is -1.65. The Bertz CT molecular complexity index is 659. The molecule has 3 rings (SSSR count). The summed E-state index contributed by atoms with van der Waals surface area (Å²) < 4.78 is 1.97. The van der Waals surface area contributed by atoms with Crippen LogP contribution in [0.1, 0.15) is 34.0 Å². The first kappa shape index (κ1) is 15.3. The highest BCUT2D eigenvalue weighted by molar-refractivity contribution is 5.31. The van der Waals surface area contributed by atoms with Crippen LogP contribution in [0.25, 0.3) is 0 Å². The Morgan fingerprint density at radius 1 is 1.23 bits per heavy atom. The molecule has 0 saturated carbocycles. The molecule has 0 saturated heterocycles. The highest BCUT2D eigenvalue weighted by Crippen LogP contribution is 2.26. The summed E-state index contributed by atoms with van der Waals surface area (Å²) in [5, 5.41) is 4.55. The lowest BCUT2D eigenvalue weighted by Crippen LogP contribution is -2.36. The fourth-order valence-corrected chi connectivity index (χ4v) is 3.69. The number of nitrogens with zero attached hydrogens (tertiary/aromatic N) is 3. The van der Waals surface area contributed by atoms with Gasteiger partial charge in [-0.1, -0.05) is 24.3 Å². The van der Waals surface area contributed by atoms with Crippen LogP contribution in [0.15, 0.2) is 24.3 Å². The van der Waals surface area contributed by atoms with E-state index in [1.807, 2.05) is 11.7 Å². The third-order valence-corrected chi connectivity index (χ3v) is 4.95. The van der Waals surface area contributed by atoms with Crippen LogP contribution in [0.4, 0.5) is 0 Å². The molecule has 1 aromatic carbocycles. The van der Waals surface area contributed by atoms with E-state index in [9.17, 15) is 0 Å². The van der Waals surface area contributed by atoms with Gasteiger partial charge in [-0.3, -0.25) is 9.58 Å². The summed E-state index contributed by atoms with van der Waals surface area (Å²) in [6.45, 7) is 8.07. The van der Waals surface area contributed by atoms with Crippen LogP contribution < -0.4 is 5.73 Å². The lowest BCUT2D eigenvalue weighted by molar-refractivity contribution is 0.238. The Kier molecular flexibility index (Phi) is 4.32. The molecule has 2 heterocycles. The molecule has 118 valence electrons. The van der Waals surface area contributed by atoms with Crippen molar-refractivity contribution in [2.75, 3.05) is 19.6 Å². The first-order valence-corrected chi connectivity index (χ1v) is 8.09. The molecule has 2 aromatic rings. The highest BCUT2D eigenvalue weighted by Gasteiger charge is 2.23. The van der Waals surface area contributed by atoms with Gasteiger partial charge in [0.2, 0.25) is 0 Å². The topological polar surface area (TPSA) is 47.1 Å². The maximum atomic E-state index is 6.10. The predicted octanol–water partition coefficient (Wildman–Crippen LogP) is 2.14. The number of fused-ring (bicyclic) bond motifs is 1. The zero-order valence-corrected chi connectivity index (χ0v) is 13.8. The van der Waals surface area contributed by atoms with Gasteiger partial charge in [0.05, 0.1) is 5.69 Å². The molecule has 0 aliphatic carbocycles. The minimum Gasteiger partial charge on any atom is -0.330 e. The van der Waals surface area contributed by atoms with Crippen molar-refractivity contribution in [3.8, 4) is 0 Å². The maximum absolute atomic E-state index is 6.10. The summed E-state index contributed by atoms with van der Waals surface area (Å²) in [5.74, 6) is 0.360. The minimum absolute atomic E-state index is 0.360. The van der Waals surface area contributed by atoms with Crippen LogP contribution in [0, 0.1) is 13.8 Å². The van der Waals surface area contributed by atoms with Gasteiger partial charge >= 0.3 is 0 Å². The number of aryl methyl sites for hydroxylation is 2. The van der Waals surface area contributed by atoms with E-state index >= 15 is 0 Å². The van der Waals surface area contributed by atoms with E-state index in [0.717, 1.165) is 31.7 Å². The summed E-state index contributed by atoms with van der Waals surface area (Å²) in [6.07, 6.45) is 1.14. The molecule has 1 aromatic heterocycles. The van der Waals surface area contributed by atoms with Gasteiger partial charge in [0.1, 0.15) is 0 Å². The molecule has 1 aliphatic rings. The van der Waals surface area contributed by atoms with Gasteiger partial charge in [0, 0.05) is 50.4 Å². The standard InChI is InChI=1S/C18H26N4/c1-13-18(14(2)21(3)20-13)17(10-19)12-22-9-8-15-6-4-5-7-16(15)11-22/h4-7,17H,8-12,19H2,1-3H3. The van der Waals surface area contributed by atoms with E-state index in [4.69, 9.17) is 5.73 Å². The third kappa shape index (κ3) is 2.81. The quantitative estimate of drug-likeness (QED) is 0.940. The van der Waals surface area contributed by atoms with E-state index in [0.29, 0.717) is 12.5 Å². The summed E-state index contributed by atoms with van der Waals surface area (Å²) in [5.41, 5.74) is 12.8. The average Bonchev–Trinajstić information content (AvgIpc) is 2.78. The fraction of sp³-hybridized carbons (Fsp3) is 0.500. The summed E-state index contributed by atoms with van der Waals surface area (Å²) >= 11 is 0. The lowest BCUT2D eigenvalue weighted by atomic mass is 9.94. The number of hydrogen-bond acceptors (Lipinski definition) is 3. The van der Waals surface area contributed by atoms with Gasteiger partial charge in [-0.15, -0.1) is 0 Å². The van der Waals surface area contributed by atoms with Crippen molar-refractivity contribution < 1.29 is 0 Å². The van der Waals surface area contributed by atoms with Crippen LogP contribution >= 0.6 is 0 Å². The Balaban J connectivity index is 1.77. The molecule has 0 radical (unpaired) electrons. The van der Waals surface area contributed by atoms with Gasteiger partial charge in [-0.2, -0.15) is 5.10 Å². The van der Waals surface area contributed by atoms with Crippen molar-refractivity contribution in [3.63, 3.8) is 0 Å². The molecule has 1 aliphatic heterocycles. The van der Waals surface area contributed by atoms with E-state index in [1.165, 1.54) is 22.4 Å². The summed E-state index contributed by atoms with van der Waals surface area (Å²) in [4.78, 5) is 2.53. The molecule has 4 heteroatoms. The van der Waals surface area contributed by atoms with Crippen LogP contribution in [-0.4, -0.2) is 34.3 Å². The Labute approximate surface area is 132 Å². The molecule has 2 N–H and O–H groups in total. The van der Waals surface area contributed by atoms with Gasteiger partial charge < -0.3 is 5.73 Å². The largest absolute Gasteiger partial charge is 0.330 e. The zero-order chi connectivity index (χ0) is 15.7. The molecular formula is C18H26N4. The van der Waals surface area contributed by atoms with E-state index in [2.05, 4.69) is 48.1 Å². The highest BCUT2D eigenvalue weighted by atomic mass is 15.3. The normalized spacial score (nSPS) is 16.5. The van der Waals surface area contributed by atoms with Crippen molar-refractivity contribution in [1.29, 1.82) is 0 Å². The minimum atomic E-state index is 0.360. The Morgan fingerprint density at radius 3 is 2.59 bits per heavy atom. The second-order valence-electron chi connectivity index (χ2n) is 6.39. The fourth-order valence-electron chi connectivity index (χ4n) is 3.69. The molecule has 1 atom stereocenters. The zero-order valence-electron chi connectivity index (χ0n) is 13.8. The Morgan fingerprint density at radius 2 is 1.95 bits per heavy atom. The molecule has 0 spiro atoms. The van der Waals surface area contributed by atoms with Crippen molar-refractivity contribution in [2.45, 2.75) is 32.7 Å². The predicted molar refractivity (Wildman–Crippen MR) is 89.9 cm³/mol. The first-order chi connectivity index (χ1) is 10.6. The molecule has 0 fully saturated rings. The molecule has 0 bridgehead atoms. The van der Waals surface area contributed by atoms with Crippen molar-refractivity contribution in [2.24, 2.45) is 12.8 Å². The number of aromatic nitrogens is 2. The van der Waals surface area contributed by atoms with Gasteiger partial charge in [-0.05, 0) is 31.4 Å². The van der Waals surface area contributed by atoms with Crippen LogP contribution in [0.3, 0.4) is 0 Å². The first-order valence-electron chi connectivity index (χ1n) is 8.09.